The molecule has 34 heavy (non-hydrogen) atoms. The number of imide groups is 1. The van der Waals surface area contributed by atoms with Crippen LogP contribution in [-0.2, 0) is 11.3 Å². The van der Waals surface area contributed by atoms with Crippen LogP contribution in [0.15, 0.2) is 59.5 Å². The summed E-state index contributed by atoms with van der Waals surface area (Å²) in [7, 11) is 0. The summed E-state index contributed by atoms with van der Waals surface area (Å²) in [5, 5.41) is 7.56. The molecule has 0 radical (unpaired) electrons. The molecular formula is C25H23ClN4O3S. The number of hydrogen-bond donors (Lipinski definition) is 1. The van der Waals surface area contributed by atoms with Crippen LogP contribution < -0.4 is 5.32 Å². The van der Waals surface area contributed by atoms with Gasteiger partial charge in [-0.05, 0) is 54.9 Å². The summed E-state index contributed by atoms with van der Waals surface area (Å²) in [6, 6.07) is 16.9. The Labute approximate surface area is 206 Å². The SMILES string of the molecule is Cc1nn(Cc2ccccc2)c(C)c1C(=O)NCCN1C(=O)SC(=Cc2ccc(Cl)cc2)C1=O. The molecule has 174 valence electrons. The Bertz CT molecular complexity index is 1270. The Balaban J connectivity index is 1.37. The van der Waals surface area contributed by atoms with Crippen LogP contribution in [0.3, 0.4) is 0 Å². The zero-order chi connectivity index (χ0) is 24.2. The zero-order valence-corrected chi connectivity index (χ0v) is 20.3. The van der Waals surface area contributed by atoms with Crippen molar-refractivity contribution >= 4 is 46.5 Å². The second-order valence-electron chi connectivity index (χ2n) is 7.83. The minimum atomic E-state index is -0.373. The Hall–Kier alpha value is -3.36. The summed E-state index contributed by atoms with van der Waals surface area (Å²) in [6.45, 7) is 4.45. The second kappa shape index (κ2) is 10.3. The number of benzene rings is 2. The monoisotopic (exact) mass is 494 g/mol. The molecule has 0 bridgehead atoms. The molecule has 1 aromatic heterocycles. The first kappa shape index (κ1) is 23.8. The lowest BCUT2D eigenvalue weighted by Crippen LogP contribution is -2.37. The molecule has 2 heterocycles. The molecule has 0 spiro atoms. The van der Waals surface area contributed by atoms with Crippen molar-refractivity contribution in [3.8, 4) is 0 Å². The van der Waals surface area contributed by atoms with Gasteiger partial charge in [0.05, 0.1) is 22.7 Å². The van der Waals surface area contributed by atoms with Gasteiger partial charge in [-0.25, -0.2) is 0 Å². The lowest BCUT2D eigenvalue weighted by molar-refractivity contribution is -0.122. The normalized spacial score (nSPS) is 14.8. The highest BCUT2D eigenvalue weighted by Crippen LogP contribution is 2.32. The van der Waals surface area contributed by atoms with Crippen LogP contribution in [0.25, 0.3) is 6.08 Å². The largest absolute Gasteiger partial charge is 0.350 e. The maximum absolute atomic E-state index is 12.8. The molecule has 2 aromatic carbocycles. The molecule has 4 rings (SSSR count). The average Bonchev–Trinajstić information content (AvgIpc) is 3.24. The summed E-state index contributed by atoms with van der Waals surface area (Å²) in [5.74, 6) is -0.653. The summed E-state index contributed by atoms with van der Waals surface area (Å²) in [6.07, 6.45) is 1.66. The molecule has 7 nitrogen and oxygen atoms in total. The van der Waals surface area contributed by atoms with E-state index in [1.807, 2.05) is 37.3 Å². The van der Waals surface area contributed by atoms with Gasteiger partial charge in [0.1, 0.15) is 0 Å². The van der Waals surface area contributed by atoms with Crippen LogP contribution in [0, 0.1) is 13.8 Å². The van der Waals surface area contributed by atoms with Gasteiger partial charge in [-0.2, -0.15) is 5.10 Å². The predicted molar refractivity (Wildman–Crippen MR) is 134 cm³/mol. The van der Waals surface area contributed by atoms with Crippen LogP contribution >= 0.6 is 23.4 Å². The van der Waals surface area contributed by atoms with E-state index in [9.17, 15) is 14.4 Å². The Morgan fingerprint density at radius 1 is 1.09 bits per heavy atom. The number of rotatable bonds is 7. The van der Waals surface area contributed by atoms with E-state index in [4.69, 9.17) is 11.6 Å². The number of hydrogen-bond acceptors (Lipinski definition) is 5. The van der Waals surface area contributed by atoms with Gasteiger partial charge in [0.2, 0.25) is 0 Å². The first-order valence-corrected chi connectivity index (χ1v) is 11.9. The fourth-order valence-electron chi connectivity index (χ4n) is 3.71. The van der Waals surface area contributed by atoms with E-state index < -0.39 is 0 Å². The molecule has 3 aromatic rings. The molecule has 9 heteroatoms. The molecular weight excluding hydrogens is 472 g/mol. The van der Waals surface area contributed by atoms with Crippen LogP contribution in [0.1, 0.15) is 32.9 Å². The number of aromatic nitrogens is 2. The van der Waals surface area contributed by atoms with Crippen LogP contribution in [0.5, 0.6) is 0 Å². The van der Waals surface area contributed by atoms with Crippen molar-refractivity contribution in [3.05, 3.63) is 92.6 Å². The number of aryl methyl sites for hydroxylation is 1. The first-order chi connectivity index (χ1) is 16.3. The predicted octanol–water partition coefficient (Wildman–Crippen LogP) is 4.67. The van der Waals surface area contributed by atoms with Crippen LogP contribution in [0.4, 0.5) is 4.79 Å². The van der Waals surface area contributed by atoms with Gasteiger partial charge in [0, 0.05) is 23.8 Å². The number of nitrogens with zero attached hydrogens (tertiary/aromatic N) is 3. The third-order valence-electron chi connectivity index (χ3n) is 5.45. The molecule has 1 fully saturated rings. The van der Waals surface area contributed by atoms with Crippen LogP contribution in [0.2, 0.25) is 5.02 Å². The molecule has 1 N–H and O–H groups in total. The second-order valence-corrected chi connectivity index (χ2v) is 9.26. The molecule has 1 aliphatic rings. The van der Waals surface area contributed by atoms with Gasteiger partial charge < -0.3 is 5.32 Å². The van der Waals surface area contributed by atoms with Gasteiger partial charge in [-0.3, -0.25) is 24.0 Å². The molecule has 0 atom stereocenters. The van der Waals surface area contributed by atoms with E-state index in [0.29, 0.717) is 27.7 Å². The fraction of sp³-hybridized carbons (Fsp3) is 0.200. The Morgan fingerprint density at radius 3 is 2.50 bits per heavy atom. The van der Waals surface area contributed by atoms with Crippen molar-refractivity contribution in [2.75, 3.05) is 13.1 Å². The van der Waals surface area contributed by atoms with Crippen molar-refractivity contribution in [2.45, 2.75) is 20.4 Å². The van der Waals surface area contributed by atoms with E-state index in [-0.39, 0.29) is 30.1 Å². The number of amides is 3. The number of halogens is 1. The van der Waals surface area contributed by atoms with Crippen molar-refractivity contribution in [1.82, 2.24) is 20.0 Å². The summed E-state index contributed by atoms with van der Waals surface area (Å²) in [5.41, 5.74) is 3.76. The standard InChI is InChI=1S/C25H23ClN4O3S/c1-16-22(17(2)30(28-16)15-19-6-4-3-5-7-19)23(31)27-12-13-29-24(32)21(34-25(29)33)14-18-8-10-20(26)11-9-18/h3-11,14H,12-13,15H2,1-2H3,(H,27,31). The quantitative estimate of drug-likeness (QED) is 0.482. The molecule has 1 aliphatic heterocycles. The minimum absolute atomic E-state index is 0.0879. The molecule has 1 saturated heterocycles. The van der Waals surface area contributed by atoms with E-state index in [0.717, 1.165) is 33.5 Å². The lowest BCUT2D eigenvalue weighted by Gasteiger charge is -2.13. The molecule has 3 amide bonds. The highest BCUT2D eigenvalue weighted by atomic mass is 35.5. The summed E-state index contributed by atoms with van der Waals surface area (Å²) < 4.78 is 1.80. The first-order valence-electron chi connectivity index (χ1n) is 10.7. The van der Waals surface area contributed by atoms with Crippen molar-refractivity contribution < 1.29 is 14.4 Å². The number of nitrogens with one attached hydrogen (secondary N) is 1. The third kappa shape index (κ3) is 5.24. The Kier molecular flexibility index (Phi) is 7.19. The van der Waals surface area contributed by atoms with Gasteiger partial charge in [-0.1, -0.05) is 54.1 Å². The lowest BCUT2D eigenvalue weighted by atomic mass is 10.1. The van der Waals surface area contributed by atoms with E-state index in [1.54, 1.807) is 41.9 Å². The topological polar surface area (TPSA) is 84.3 Å². The van der Waals surface area contributed by atoms with Crippen molar-refractivity contribution in [1.29, 1.82) is 0 Å². The molecule has 0 saturated carbocycles. The van der Waals surface area contributed by atoms with Crippen molar-refractivity contribution in [3.63, 3.8) is 0 Å². The van der Waals surface area contributed by atoms with Crippen molar-refractivity contribution in [2.24, 2.45) is 0 Å². The fourth-order valence-corrected chi connectivity index (χ4v) is 4.70. The van der Waals surface area contributed by atoms with Gasteiger partial charge in [-0.15, -0.1) is 0 Å². The van der Waals surface area contributed by atoms with E-state index >= 15 is 0 Å². The third-order valence-corrected chi connectivity index (χ3v) is 6.61. The number of thioether (sulfide) groups is 1. The van der Waals surface area contributed by atoms with Crippen LogP contribution in [-0.4, -0.2) is 44.8 Å². The smallest absolute Gasteiger partial charge is 0.293 e. The highest BCUT2D eigenvalue weighted by Gasteiger charge is 2.34. The molecule has 0 aliphatic carbocycles. The van der Waals surface area contributed by atoms with E-state index in [1.165, 1.54) is 0 Å². The number of carbonyl (C=O) groups is 3. The van der Waals surface area contributed by atoms with E-state index in [2.05, 4.69) is 10.4 Å². The minimum Gasteiger partial charge on any atom is -0.350 e. The van der Waals surface area contributed by atoms with Gasteiger partial charge >= 0.3 is 0 Å². The highest BCUT2D eigenvalue weighted by molar-refractivity contribution is 8.18. The molecule has 0 unspecified atom stereocenters. The summed E-state index contributed by atoms with van der Waals surface area (Å²) in [4.78, 5) is 39.4. The summed E-state index contributed by atoms with van der Waals surface area (Å²) >= 11 is 6.78. The maximum Gasteiger partial charge on any atom is 0.293 e. The van der Waals surface area contributed by atoms with Gasteiger partial charge in [0.25, 0.3) is 17.1 Å². The maximum atomic E-state index is 12.8. The zero-order valence-electron chi connectivity index (χ0n) is 18.7. The Morgan fingerprint density at radius 2 is 1.79 bits per heavy atom. The number of carbonyl (C=O) groups excluding carboxylic acids is 3. The van der Waals surface area contributed by atoms with Gasteiger partial charge in [0.15, 0.2) is 0 Å². The average molecular weight is 495 g/mol.